The Bertz CT molecular complexity index is 547. The summed E-state index contributed by atoms with van der Waals surface area (Å²) in [4.78, 5) is 25.2. The summed E-state index contributed by atoms with van der Waals surface area (Å²) in [5.74, 6) is 0.00510. The highest BCUT2D eigenvalue weighted by Gasteiger charge is 2.39. The molecule has 1 rings (SSSR count). The number of hydrogen-bond donors (Lipinski definition) is 1. The van der Waals surface area contributed by atoms with Crippen LogP contribution in [0.3, 0.4) is 0 Å². The van der Waals surface area contributed by atoms with Gasteiger partial charge >= 0.3 is 6.09 Å². The van der Waals surface area contributed by atoms with Crippen molar-refractivity contribution < 1.29 is 14.3 Å². The summed E-state index contributed by atoms with van der Waals surface area (Å²) in [5.41, 5.74) is -0.582. The van der Waals surface area contributed by atoms with Crippen LogP contribution in [0.5, 0.6) is 0 Å². The molecule has 0 unspecified atom stereocenters. The Morgan fingerprint density at radius 3 is 2.04 bits per heavy atom. The van der Waals surface area contributed by atoms with Crippen molar-refractivity contribution in [2.75, 3.05) is 0 Å². The largest absolute Gasteiger partial charge is 0.444 e. The zero-order chi connectivity index (χ0) is 17.8. The quantitative estimate of drug-likeness (QED) is 0.840. The van der Waals surface area contributed by atoms with E-state index in [4.69, 9.17) is 4.74 Å². The van der Waals surface area contributed by atoms with Gasteiger partial charge in [0.15, 0.2) is 8.07 Å². The maximum absolute atomic E-state index is 13.1. The van der Waals surface area contributed by atoms with E-state index in [0.717, 1.165) is 5.19 Å². The number of nitrogens with one attached hydrogen (secondary N) is 1. The first kappa shape index (κ1) is 19.4. The number of carbonyl (C=O) groups is 2. The van der Waals surface area contributed by atoms with Crippen LogP contribution < -0.4 is 10.5 Å². The van der Waals surface area contributed by atoms with Gasteiger partial charge in [0.2, 0.25) is 0 Å². The highest BCUT2D eigenvalue weighted by molar-refractivity contribution is 7.13. The third-order valence-corrected chi connectivity index (χ3v) is 7.05. The highest BCUT2D eigenvalue weighted by atomic mass is 28.3. The molecule has 0 heterocycles. The van der Waals surface area contributed by atoms with Crippen LogP contribution in [0.4, 0.5) is 4.79 Å². The van der Waals surface area contributed by atoms with Crippen molar-refractivity contribution in [1.82, 2.24) is 5.32 Å². The van der Waals surface area contributed by atoms with Crippen LogP contribution in [0.25, 0.3) is 0 Å². The van der Waals surface area contributed by atoms with E-state index < -0.39 is 25.8 Å². The van der Waals surface area contributed by atoms with Crippen molar-refractivity contribution in [2.45, 2.75) is 59.4 Å². The normalized spacial score (nSPS) is 13.6. The lowest BCUT2D eigenvalue weighted by molar-refractivity contribution is -0.115. The molecule has 1 amide bonds. The van der Waals surface area contributed by atoms with Crippen molar-refractivity contribution in [3.8, 4) is 0 Å². The molecular formula is C18H29NO3Si. The maximum Gasteiger partial charge on any atom is 0.408 e. The van der Waals surface area contributed by atoms with Gasteiger partial charge in [-0.15, -0.1) is 0 Å². The Morgan fingerprint density at radius 2 is 1.61 bits per heavy atom. The number of carbonyl (C=O) groups excluding carboxylic acids is 2. The van der Waals surface area contributed by atoms with Crippen molar-refractivity contribution in [3.63, 3.8) is 0 Å². The van der Waals surface area contributed by atoms with E-state index in [9.17, 15) is 9.59 Å². The molecule has 1 atom stereocenters. The molecule has 0 aliphatic carbocycles. The number of amides is 1. The molecule has 0 aliphatic rings. The van der Waals surface area contributed by atoms with Gasteiger partial charge in [0.1, 0.15) is 11.0 Å². The summed E-state index contributed by atoms with van der Waals surface area (Å²) >= 11 is 0. The van der Waals surface area contributed by atoms with Crippen LogP contribution in [0, 0.1) is 5.92 Å². The van der Waals surface area contributed by atoms with Gasteiger partial charge in [-0.05, 0) is 26.7 Å². The molecular weight excluding hydrogens is 306 g/mol. The minimum atomic E-state index is -2.34. The topological polar surface area (TPSA) is 55.4 Å². The molecule has 0 aliphatic heterocycles. The molecule has 1 aromatic rings. The zero-order valence-corrected chi connectivity index (χ0v) is 16.3. The van der Waals surface area contributed by atoms with E-state index in [1.54, 1.807) is 20.8 Å². The second-order valence-corrected chi connectivity index (χ2v) is 12.0. The standard InChI is InChI=1S/C18H29NO3Si/c1-13(2)15(19-17(21)22-18(3,4)5)16(20)23(6,7)14-11-9-8-10-12-14/h8-13,15H,1-7H3,(H,19,21)/t15-/m0/s1. The SMILES string of the molecule is CC(C)[C@H](NC(=O)OC(C)(C)C)C(=O)[Si](C)(C)c1ccccc1. The van der Waals surface area contributed by atoms with E-state index in [1.165, 1.54) is 0 Å². The van der Waals surface area contributed by atoms with Gasteiger partial charge in [-0.2, -0.15) is 0 Å². The molecule has 0 saturated carbocycles. The van der Waals surface area contributed by atoms with E-state index >= 15 is 0 Å². The predicted molar refractivity (Wildman–Crippen MR) is 96.6 cm³/mol. The van der Waals surface area contributed by atoms with E-state index in [0.29, 0.717) is 0 Å². The van der Waals surface area contributed by atoms with Crippen molar-refractivity contribution in [2.24, 2.45) is 5.92 Å². The maximum atomic E-state index is 13.1. The fraction of sp³-hybridized carbons (Fsp3) is 0.556. The van der Waals surface area contributed by atoms with Gasteiger partial charge in [-0.3, -0.25) is 0 Å². The van der Waals surface area contributed by atoms with Gasteiger partial charge in [0.05, 0.1) is 6.04 Å². The number of ether oxygens (including phenoxy) is 1. The van der Waals surface area contributed by atoms with Crippen LogP contribution in [0.15, 0.2) is 30.3 Å². The Balaban J connectivity index is 2.97. The second kappa shape index (κ2) is 7.30. The predicted octanol–water partition coefficient (Wildman–Crippen LogP) is 3.26. The summed E-state index contributed by atoms with van der Waals surface area (Å²) < 4.78 is 5.30. The molecule has 5 heteroatoms. The van der Waals surface area contributed by atoms with Gasteiger partial charge < -0.3 is 14.8 Å². The van der Waals surface area contributed by atoms with Gasteiger partial charge in [0, 0.05) is 0 Å². The Kier molecular flexibility index (Phi) is 6.16. The van der Waals surface area contributed by atoms with E-state index in [2.05, 4.69) is 5.32 Å². The summed E-state index contributed by atoms with van der Waals surface area (Å²) in [7, 11) is -2.34. The fourth-order valence-corrected chi connectivity index (χ4v) is 4.85. The van der Waals surface area contributed by atoms with E-state index in [1.807, 2.05) is 57.3 Å². The summed E-state index contributed by atoms with van der Waals surface area (Å²) in [6.07, 6.45) is -0.539. The average molecular weight is 336 g/mol. The number of benzene rings is 1. The van der Waals surface area contributed by atoms with Crippen molar-refractivity contribution >= 4 is 24.8 Å². The third kappa shape index (κ3) is 5.50. The first-order chi connectivity index (χ1) is 10.4. The minimum Gasteiger partial charge on any atom is -0.444 e. The third-order valence-electron chi connectivity index (χ3n) is 3.73. The van der Waals surface area contributed by atoms with Crippen LogP contribution in [0.1, 0.15) is 34.6 Å². The van der Waals surface area contributed by atoms with Crippen LogP contribution in [-0.4, -0.2) is 31.2 Å². The molecule has 128 valence electrons. The Hall–Kier alpha value is -1.62. The summed E-state index contributed by atoms with van der Waals surface area (Å²) in [5, 5.41) is 3.96. The number of rotatable bonds is 5. The summed E-state index contributed by atoms with van der Waals surface area (Å²) in [6, 6.07) is 9.29. The highest BCUT2D eigenvalue weighted by Crippen LogP contribution is 2.15. The minimum absolute atomic E-state index is 0.00510. The molecule has 4 nitrogen and oxygen atoms in total. The lowest BCUT2D eigenvalue weighted by Crippen LogP contribution is -2.60. The smallest absolute Gasteiger partial charge is 0.408 e. The molecule has 23 heavy (non-hydrogen) atoms. The lowest BCUT2D eigenvalue weighted by Gasteiger charge is -2.30. The molecule has 0 spiro atoms. The Labute approximate surface area is 140 Å². The molecule has 0 saturated heterocycles. The molecule has 0 radical (unpaired) electrons. The van der Waals surface area contributed by atoms with Crippen LogP contribution >= 0.6 is 0 Å². The van der Waals surface area contributed by atoms with Crippen molar-refractivity contribution in [1.29, 1.82) is 0 Å². The average Bonchev–Trinajstić information content (AvgIpc) is 2.42. The van der Waals surface area contributed by atoms with Crippen LogP contribution in [0.2, 0.25) is 13.1 Å². The molecule has 1 N–H and O–H groups in total. The second-order valence-electron chi connectivity index (χ2n) is 7.72. The fourth-order valence-electron chi connectivity index (χ4n) is 2.36. The first-order valence-electron chi connectivity index (χ1n) is 8.04. The zero-order valence-electron chi connectivity index (χ0n) is 15.3. The van der Waals surface area contributed by atoms with Crippen molar-refractivity contribution in [3.05, 3.63) is 30.3 Å². The number of alkyl carbamates (subject to hydrolysis) is 1. The first-order valence-corrected chi connectivity index (χ1v) is 11.0. The lowest BCUT2D eigenvalue weighted by atomic mass is 10.1. The van der Waals surface area contributed by atoms with Gasteiger partial charge in [-0.25, -0.2) is 4.79 Å². The Morgan fingerprint density at radius 1 is 1.09 bits per heavy atom. The van der Waals surface area contributed by atoms with E-state index in [-0.39, 0.29) is 11.3 Å². The summed E-state index contributed by atoms with van der Waals surface area (Å²) in [6.45, 7) is 13.3. The molecule has 0 bridgehead atoms. The monoisotopic (exact) mass is 335 g/mol. The number of hydrogen-bond acceptors (Lipinski definition) is 3. The molecule has 1 aromatic carbocycles. The van der Waals surface area contributed by atoms with Gasteiger partial charge in [-0.1, -0.05) is 62.5 Å². The van der Waals surface area contributed by atoms with Crippen LogP contribution in [-0.2, 0) is 9.53 Å². The van der Waals surface area contributed by atoms with Gasteiger partial charge in [0.25, 0.3) is 0 Å². The molecule has 0 aromatic heterocycles. The molecule has 0 fully saturated rings.